The molecule has 1 atom stereocenters. The summed E-state index contributed by atoms with van der Waals surface area (Å²) in [6.07, 6.45) is 0.704. The molecule has 2 aromatic carbocycles. The third-order valence-electron chi connectivity index (χ3n) is 5.03. The van der Waals surface area contributed by atoms with Crippen LogP contribution in [0, 0.1) is 12.3 Å². The van der Waals surface area contributed by atoms with E-state index >= 15 is 0 Å². The average molecular weight is 507 g/mol. The van der Waals surface area contributed by atoms with Crippen molar-refractivity contribution in [3.8, 4) is 0 Å². The molecule has 0 bridgehead atoms. The Morgan fingerprint density at radius 3 is 2.25 bits per heavy atom. The van der Waals surface area contributed by atoms with E-state index in [1.807, 2.05) is 63.2 Å². The van der Waals surface area contributed by atoms with E-state index < -0.39 is 5.41 Å². The van der Waals surface area contributed by atoms with Gasteiger partial charge < -0.3 is 5.32 Å². The summed E-state index contributed by atoms with van der Waals surface area (Å²) in [4.78, 5) is 24.7. The van der Waals surface area contributed by atoms with Crippen LogP contribution in [0.2, 0.25) is 0 Å². The second-order valence-electron chi connectivity index (χ2n) is 7.20. The molecule has 0 aliphatic heterocycles. The van der Waals surface area contributed by atoms with Gasteiger partial charge in [-0.3, -0.25) is 9.59 Å². The second-order valence-corrected chi connectivity index (χ2v) is 11.0. The molecule has 2 aromatic rings. The number of nitrogens with one attached hydrogen (secondary N) is 2. The number of aryl methyl sites for hydroxylation is 1. The maximum atomic E-state index is 12.4. The molecular weight excluding hydrogens is 486 g/mol. The third-order valence-corrected chi connectivity index (χ3v) is 7.35. The summed E-state index contributed by atoms with van der Waals surface area (Å²) < 4.78 is -0.350. The van der Waals surface area contributed by atoms with E-state index in [9.17, 15) is 9.59 Å². The van der Waals surface area contributed by atoms with Crippen molar-refractivity contribution in [1.29, 1.82) is 0 Å². The number of anilines is 1. The van der Waals surface area contributed by atoms with Gasteiger partial charge in [-0.15, -0.1) is 0 Å². The van der Waals surface area contributed by atoms with Gasteiger partial charge in [-0.05, 0) is 56.5 Å². The van der Waals surface area contributed by atoms with Crippen molar-refractivity contribution in [3.63, 3.8) is 0 Å². The lowest BCUT2D eigenvalue weighted by molar-refractivity contribution is -0.125. The normalized spacial score (nSPS) is 20.4. The summed E-state index contributed by atoms with van der Waals surface area (Å²) in [5.74, 6) is -0.281. The van der Waals surface area contributed by atoms with E-state index in [1.165, 1.54) is 0 Å². The summed E-state index contributed by atoms with van der Waals surface area (Å²) in [6, 6.07) is 14.8. The van der Waals surface area contributed by atoms with Gasteiger partial charge in [0, 0.05) is 11.3 Å². The number of carbonyl (C=O) groups is 2. The zero-order chi connectivity index (χ0) is 20.5. The minimum absolute atomic E-state index is 0.136. The van der Waals surface area contributed by atoms with Crippen LogP contribution < -0.4 is 10.7 Å². The van der Waals surface area contributed by atoms with E-state index in [0.717, 1.165) is 11.1 Å². The largest absolute Gasteiger partial charge is 0.322 e. The highest BCUT2D eigenvalue weighted by Crippen LogP contribution is 2.66. The Labute approximate surface area is 181 Å². The highest BCUT2D eigenvalue weighted by atomic mass is 79.9. The molecule has 3 rings (SSSR count). The molecule has 2 amide bonds. The van der Waals surface area contributed by atoms with E-state index in [0.29, 0.717) is 23.4 Å². The number of halogens is 2. The van der Waals surface area contributed by atoms with Crippen LogP contribution in [0.1, 0.15) is 41.8 Å². The summed E-state index contributed by atoms with van der Waals surface area (Å²) in [7, 11) is 0. The number of carbonyl (C=O) groups excluding carboxylic acids is 2. The first kappa shape index (κ1) is 20.7. The second kappa shape index (κ2) is 7.79. The van der Waals surface area contributed by atoms with Crippen LogP contribution in [-0.2, 0) is 4.79 Å². The zero-order valence-corrected chi connectivity index (χ0v) is 19.0. The van der Waals surface area contributed by atoms with E-state index in [2.05, 4.69) is 47.7 Å². The molecule has 0 aromatic heterocycles. The van der Waals surface area contributed by atoms with Crippen molar-refractivity contribution in [2.45, 2.75) is 30.4 Å². The van der Waals surface area contributed by atoms with Gasteiger partial charge in [0.25, 0.3) is 5.91 Å². The molecule has 5 nitrogen and oxygen atoms in total. The van der Waals surface area contributed by atoms with Gasteiger partial charge in [0.1, 0.15) is 0 Å². The van der Waals surface area contributed by atoms with Crippen LogP contribution in [0.3, 0.4) is 0 Å². The summed E-state index contributed by atoms with van der Waals surface area (Å²) >= 11 is 6.97. The number of hydrazone groups is 1. The van der Waals surface area contributed by atoms with Gasteiger partial charge in [-0.25, -0.2) is 5.43 Å². The van der Waals surface area contributed by atoms with Crippen LogP contribution in [-0.4, -0.2) is 20.8 Å². The summed E-state index contributed by atoms with van der Waals surface area (Å²) in [5.41, 5.74) is 5.94. The molecule has 0 saturated heterocycles. The van der Waals surface area contributed by atoms with Gasteiger partial charge in [0.05, 0.1) is 14.4 Å². The number of benzene rings is 2. The molecule has 0 heterocycles. The first-order chi connectivity index (χ1) is 13.1. The van der Waals surface area contributed by atoms with Crippen LogP contribution in [0.25, 0.3) is 0 Å². The average Bonchev–Trinajstić information content (AvgIpc) is 3.19. The van der Waals surface area contributed by atoms with Crippen LogP contribution in [0.15, 0.2) is 53.6 Å². The van der Waals surface area contributed by atoms with E-state index in [4.69, 9.17) is 0 Å². The fourth-order valence-electron chi connectivity index (χ4n) is 2.79. The van der Waals surface area contributed by atoms with Crippen molar-refractivity contribution in [1.82, 2.24) is 5.43 Å². The lowest BCUT2D eigenvalue weighted by Crippen LogP contribution is -2.30. The fraction of sp³-hybridized carbons (Fsp3) is 0.286. The minimum Gasteiger partial charge on any atom is -0.322 e. The smallest absolute Gasteiger partial charge is 0.255 e. The Bertz CT molecular complexity index is 954. The van der Waals surface area contributed by atoms with Crippen LogP contribution in [0.4, 0.5) is 5.69 Å². The molecule has 1 aliphatic carbocycles. The summed E-state index contributed by atoms with van der Waals surface area (Å²) in [6.45, 7) is 5.61. The highest BCUT2D eigenvalue weighted by Gasteiger charge is 2.66. The molecule has 1 saturated carbocycles. The third kappa shape index (κ3) is 4.20. The standard InChI is InChI=1S/C21H21Br2N3O2/c1-13-6-4-5-7-17(13)18(27)24-16-10-8-15(9-11-16)14(2)25-26-19(28)20(3)12-21(20,22)23/h4-11H,12H2,1-3H3,(H,24,27)(H,26,28)/t20-/m1/s1. The maximum Gasteiger partial charge on any atom is 0.255 e. The molecule has 2 N–H and O–H groups in total. The summed E-state index contributed by atoms with van der Waals surface area (Å²) in [5, 5.41) is 7.10. The first-order valence-electron chi connectivity index (χ1n) is 8.84. The molecule has 1 fully saturated rings. The van der Waals surface area contributed by atoms with E-state index in [-0.39, 0.29) is 15.0 Å². The van der Waals surface area contributed by atoms with Gasteiger partial charge in [0.2, 0.25) is 5.91 Å². The van der Waals surface area contributed by atoms with Gasteiger partial charge in [-0.2, -0.15) is 5.10 Å². The number of alkyl halides is 2. The van der Waals surface area contributed by atoms with Crippen molar-refractivity contribution in [2.24, 2.45) is 10.5 Å². The van der Waals surface area contributed by atoms with Crippen molar-refractivity contribution in [3.05, 3.63) is 65.2 Å². The molecule has 0 spiro atoms. The lowest BCUT2D eigenvalue weighted by Gasteiger charge is -2.11. The van der Waals surface area contributed by atoms with Crippen LogP contribution in [0.5, 0.6) is 0 Å². The molecule has 28 heavy (non-hydrogen) atoms. The van der Waals surface area contributed by atoms with Crippen molar-refractivity contribution in [2.75, 3.05) is 5.32 Å². The topological polar surface area (TPSA) is 70.6 Å². The lowest BCUT2D eigenvalue weighted by atomic mass is 10.1. The predicted octanol–water partition coefficient (Wildman–Crippen LogP) is 4.98. The number of nitrogens with zero attached hydrogens (tertiary/aromatic N) is 1. The van der Waals surface area contributed by atoms with E-state index in [1.54, 1.807) is 6.07 Å². The Kier molecular flexibility index (Phi) is 5.77. The van der Waals surface area contributed by atoms with Gasteiger partial charge in [0.15, 0.2) is 0 Å². The Balaban J connectivity index is 1.63. The minimum atomic E-state index is -0.513. The molecule has 146 valence electrons. The Morgan fingerprint density at radius 1 is 1.07 bits per heavy atom. The predicted molar refractivity (Wildman–Crippen MR) is 119 cm³/mol. The fourth-order valence-corrected chi connectivity index (χ4v) is 4.27. The molecule has 0 unspecified atom stereocenters. The SMILES string of the molecule is CC(=NNC(=O)[C@@]1(C)CC1(Br)Br)c1ccc(NC(=O)c2ccccc2C)cc1. The number of hydrogen-bond donors (Lipinski definition) is 2. The highest BCUT2D eigenvalue weighted by molar-refractivity contribution is 9.25. The molecule has 7 heteroatoms. The molecule has 1 aliphatic rings. The maximum absolute atomic E-state index is 12.4. The number of rotatable bonds is 5. The zero-order valence-electron chi connectivity index (χ0n) is 15.8. The van der Waals surface area contributed by atoms with Gasteiger partial charge in [-0.1, -0.05) is 62.2 Å². The monoisotopic (exact) mass is 505 g/mol. The van der Waals surface area contributed by atoms with Crippen molar-refractivity contribution >= 4 is 55.1 Å². The van der Waals surface area contributed by atoms with Crippen molar-refractivity contribution < 1.29 is 9.59 Å². The first-order valence-corrected chi connectivity index (χ1v) is 10.4. The Hall–Kier alpha value is -1.99. The quantitative estimate of drug-likeness (QED) is 0.341. The Morgan fingerprint density at radius 2 is 1.68 bits per heavy atom. The van der Waals surface area contributed by atoms with Gasteiger partial charge >= 0.3 is 0 Å². The molecular formula is C21H21Br2N3O2. The van der Waals surface area contributed by atoms with Crippen LogP contribution >= 0.6 is 31.9 Å². The molecule has 0 radical (unpaired) electrons. The number of amides is 2. The number of hydrogen-bond acceptors (Lipinski definition) is 3.